The molecule has 2 rings (SSSR count). The molecule has 0 unspecified atom stereocenters. The van der Waals surface area contributed by atoms with E-state index in [1.807, 2.05) is 36.6 Å². The zero-order chi connectivity index (χ0) is 15.2. The van der Waals surface area contributed by atoms with Crippen LogP contribution in [0.2, 0.25) is 0 Å². The van der Waals surface area contributed by atoms with Gasteiger partial charge in [-0.1, -0.05) is 12.1 Å². The van der Waals surface area contributed by atoms with Gasteiger partial charge in [-0.2, -0.15) is 0 Å². The maximum Gasteiger partial charge on any atom is 0.306 e. The van der Waals surface area contributed by atoms with Crippen LogP contribution in [-0.4, -0.2) is 24.0 Å². The van der Waals surface area contributed by atoms with E-state index in [1.165, 1.54) is 7.11 Å². The van der Waals surface area contributed by atoms with E-state index in [1.54, 1.807) is 11.3 Å². The summed E-state index contributed by atoms with van der Waals surface area (Å²) in [6.45, 7) is 1.96. The van der Waals surface area contributed by atoms with Gasteiger partial charge in [0.25, 0.3) is 0 Å². The third-order valence-electron chi connectivity index (χ3n) is 2.87. The lowest BCUT2D eigenvalue weighted by atomic mass is 10.1. The van der Waals surface area contributed by atoms with Crippen LogP contribution >= 0.6 is 11.3 Å². The first-order valence-corrected chi connectivity index (χ1v) is 7.35. The molecule has 2 aromatic rings. The maximum absolute atomic E-state index is 11.7. The number of aryl methyl sites for hydroxylation is 1. The predicted molar refractivity (Wildman–Crippen MR) is 82.2 cm³/mol. The van der Waals surface area contributed by atoms with Gasteiger partial charge in [0.1, 0.15) is 0 Å². The van der Waals surface area contributed by atoms with Crippen molar-refractivity contribution in [3.8, 4) is 11.3 Å². The van der Waals surface area contributed by atoms with Crippen molar-refractivity contribution in [2.45, 2.75) is 19.8 Å². The molecular formula is C15H16N2O3S. The standard InChI is InChI=1S/C15H16N2O3S/c1-10-16-13(9-21-10)11-3-5-12(6-4-11)17-14(18)7-8-15(19)20-2/h3-6,9H,7-8H2,1-2H3,(H,17,18). The summed E-state index contributed by atoms with van der Waals surface area (Å²) in [5, 5.41) is 5.76. The number of carbonyl (C=O) groups excluding carboxylic acids is 2. The van der Waals surface area contributed by atoms with Crippen molar-refractivity contribution in [3.05, 3.63) is 34.7 Å². The Morgan fingerprint density at radius 1 is 1.24 bits per heavy atom. The van der Waals surface area contributed by atoms with Gasteiger partial charge >= 0.3 is 5.97 Å². The molecule has 0 saturated carbocycles. The second-order valence-corrected chi connectivity index (χ2v) is 5.52. The number of carbonyl (C=O) groups is 2. The van der Waals surface area contributed by atoms with Crippen molar-refractivity contribution >= 4 is 28.9 Å². The van der Waals surface area contributed by atoms with Gasteiger partial charge in [-0.3, -0.25) is 9.59 Å². The highest BCUT2D eigenvalue weighted by Crippen LogP contribution is 2.23. The van der Waals surface area contributed by atoms with E-state index >= 15 is 0 Å². The van der Waals surface area contributed by atoms with Crippen molar-refractivity contribution in [1.82, 2.24) is 4.98 Å². The van der Waals surface area contributed by atoms with Crippen molar-refractivity contribution < 1.29 is 14.3 Å². The molecule has 0 atom stereocenters. The van der Waals surface area contributed by atoms with Crippen LogP contribution in [0.25, 0.3) is 11.3 Å². The highest BCUT2D eigenvalue weighted by Gasteiger charge is 2.07. The fourth-order valence-electron chi connectivity index (χ4n) is 1.76. The molecule has 110 valence electrons. The molecule has 21 heavy (non-hydrogen) atoms. The van der Waals surface area contributed by atoms with Gasteiger partial charge in [-0.15, -0.1) is 11.3 Å². The second-order valence-electron chi connectivity index (χ2n) is 4.45. The van der Waals surface area contributed by atoms with Gasteiger partial charge in [0.05, 0.1) is 24.2 Å². The third-order valence-corrected chi connectivity index (χ3v) is 3.64. The first-order chi connectivity index (χ1) is 10.1. The molecule has 0 radical (unpaired) electrons. The number of hydrogen-bond donors (Lipinski definition) is 1. The fourth-order valence-corrected chi connectivity index (χ4v) is 2.38. The van der Waals surface area contributed by atoms with Crippen LogP contribution < -0.4 is 5.32 Å². The van der Waals surface area contributed by atoms with Gasteiger partial charge < -0.3 is 10.1 Å². The van der Waals surface area contributed by atoms with Crippen LogP contribution in [-0.2, 0) is 14.3 Å². The first kappa shape index (κ1) is 15.2. The minimum absolute atomic E-state index is 0.0819. The lowest BCUT2D eigenvalue weighted by Gasteiger charge is -2.05. The molecular weight excluding hydrogens is 288 g/mol. The molecule has 0 bridgehead atoms. The zero-order valence-corrected chi connectivity index (χ0v) is 12.7. The molecule has 1 aromatic carbocycles. The number of benzene rings is 1. The topological polar surface area (TPSA) is 68.3 Å². The average molecular weight is 304 g/mol. The normalized spacial score (nSPS) is 10.2. The first-order valence-electron chi connectivity index (χ1n) is 6.47. The highest BCUT2D eigenvalue weighted by molar-refractivity contribution is 7.09. The molecule has 1 heterocycles. The summed E-state index contributed by atoms with van der Waals surface area (Å²) >= 11 is 1.60. The van der Waals surface area contributed by atoms with Crippen LogP contribution in [0.3, 0.4) is 0 Å². The Bertz CT molecular complexity index is 635. The smallest absolute Gasteiger partial charge is 0.306 e. The van der Waals surface area contributed by atoms with Gasteiger partial charge in [0.2, 0.25) is 5.91 Å². The Morgan fingerprint density at radius 3 is 2.52 bits per heavy atom. The summed E-state index contributed by atoms with van der Waals surface area (Å²) in [4.78, 5) is 27.0. The zero-order valence-electron chi connectivity index (χ0n) is 11.9. The molecule has 0 fully saturated rings. The van der Waals surface area contributed by atoms with Crippen LogP contribution in [0, 0.1) is 6.92 Å². The number of methoxy groups -OCH3 is 1. The molecule has 1 amide bonds. The Labute approximate surface area is 127 Å². The Hall–Kier alpha value is -2.21. The molecule has 0 aliphatic carbocycles. The summed E-state index contributed by atoms with van der Waals surface area (Å²) < 4.78 is 4.49. The minimum Gasteiger partial charge on any atom is -0.469 e. The van der Waals surface area contributed by atoms with E-state index in [9.17, 15) is 9.59 Å². The number of aromatic nitrogens is 1. The number of nitrogens with one attached hydrogen (secondary N) is 1. The molecule has 1 N–H and O–H groups in total. The number of anilines is 1. The highest BCUT2D eigenvalue weighted by atomic mass is 32.1. The van der Waals surface area contributed by atoms with Crippen LogP contribution in [0.5, 0.6) is 0 Å². The summed E-state index contributed by atoms with van der Waals surface area (Å²) in [6, 6.07) is 7.45. The lowest BCUT2D eigenvalue weighted by molar-refractivity contribution is -0.141. The summed E-state index contributed by atoms with van der Waals surface area (Å²) in [5.74, 6) is -0.600. The van der Waals surface area contributed by atoms with Crippen LogP contribution in [0.4, 0.5) is 5.69 Å². The van der Waals surface area contributed by atoms with Crippen molar-refractivity contribution in [2.75, 3.05) is 12.4 Å². The van der Waals surface area contributed by atoms with Gasteiger partial charge in [-0.05, 0) is 19.1 Å². The average Bonchev–Trinajstić information content (AvgIpc) is 2.92. The number of ether oxygens (including phenoxy) is 1. The van der Waals surface area contributed by atoms with Crippen LogP contribution in [0.1, 0.15) is 17.8 Å². The van der Waals surface area contributed by atoms with Crippen LogP contribution in [0.15, 0.2) is 29.6 Å². The quantitative estimate of drug-likeness (QED) is 0.862. The summed E-state index contributed by atoms with van der Waals surface area (Å²) in [6.07, 6.45) is 0.193. The number of thiazole rings is 1. The van der Waals surface area contributed by atoms with E-state index in [0.717, 1.165) is 16.3 Å². The summed E-state index contributed by atoms with van der Waals surface area (Å²) in [5.41, 5.74) is 2.63. The SMILES string of the molecule is COC(=O)CCC(=O)Nc1ccc(-c2csc(C)n2)cc1. The van der Waals surface area contributed by atoms with E-state index < -0.39 is 0 Å². The molecule has 6 heteroatoms. The monoisotopic (exact) mass is 304 g/mol. The third kappa shape index (κ3) is 4.39. The minimum atomic E-state index is -0.389. The molecule has 0 saturated heterocycles. The largest absolute Gasteiger partial charge is 0.469 e. The van der Waals surface area contributed by atoms with Crippen molar-refractivity contribution in [1.29, 1.82) is 0 Å². The van der Waals surface area contributed by atoms with Crippen molar-refractivity contribution in [2.24, 2.45) is 0 Å². The number of amides is 1. The Kier molecular flexibility index (Phi) is 5.05. The molecule has 0 aliphatic heterocycles. The second kappa shape index (κ2) is 6.99. The van der Waals surface area contributed by atoms with E-state index in [0.29, 0.717) is 5.69 Å². The predicted octanol–water partition coefficient (Wildman–Crippen LogP) is 3.01. The number of rotatable bonds is 5. The Morgan fingerprint density at radius 2 is 1.95 bits per heavy atom. The molecule has 0 spiro atoms. The summed E-state index contributed by atoms with van der Waals surface area (Å²) in [7, 11) is 1.30. The van der Waals surface area contributed by atoms with Crippen molar-refractivity contribution in [3.63, 3.8) is 0 Å². The Balaban J connectivity index is 1.93. The van der Waals surface area contributed by atoms with E-state index in [-0.39, 0.29) is 24.7 Å². The molecule has 0 aliphatic rings. The molecule has 5 nitrogen and oxygen atoms in total. The van der Waals surface area contributed by atoms with Gasteiger partial charge in [-0.25, -0.2) is 4.98 Å². The number of esters is 1. The number of hydrogen-bond acceptors (Lipinski definition) is 5. The van der Waals surface area contributed by atoms with Gasteiger partial charge in [0, 0.05) is 23.1 Å². The number of nitrogens with zero attached hydrogens (tertiary/aromatic N) is 1. The maximum atomic E-state index is 11.7. The van der Waals surface area contributed by atoms with Gasteiger partial charge in [0.15, 0.2) is 0 Å². The molecule has 1 aromatic heterocycles. The van der Waals surface area contributed by atoms with E-state index in [4.69, 9.17) is 0 Å². The van der Waals surface area contributed by atoms with E-state index in [2.05, 4.69) is 15.0 Å². The lowest BCUT2D eigenvalue weighted by Crippen LogP contribution is -2.13. The fraction of sp³-hybridized carbons (Fsp3) is 0.267.